The molecule has 2 unspecified atom stereocenters. The number of unbranched alkanes of at least 4 members (excludes halogenated alkanes) is 8. The van der Waals surface area contributed by atoms with E-state index in [0.29, 0.717) is 12.8 Å². The minimum absolute atomic E-state index is 0.0528. The number of carbonyl (C=O) groups excluding carboxylic acids is 2. The fraction of sp³-hybridized carbons (Fsp3) is 0.833. The molecule has 0 saturated heterocycles. The number of esters is 2. The zero-order valence-corrected chi connectivity index (χ0v) is 22.0. The highest BCUT2D eigenvalue weighted by molar-refractivity contribution is 7.47. The number of hydrogen-bond donors (Lipinski definition) is 2. The second kappa shape index (κ2) is 22.2. The molecular formula is C24H46NO8P. The number of ether oxygens (including phenoxy) is 2. The molecule has 3 N–H and O–H groups in total. The molecule has 0 radical (unpaired) electrons. The van der Waals surface area contributed by atoms with Crippen LogP contribution in [0.3, 0.4) is 0 Å². The van der Waals surface area contributed by atoms with Crippen molar-refractivity contribution in [2.75, 3.05) is 26.4 Å². The molecule has 0 aliphatic heterocycles. The van der Waals surface area contributed by atoms with E-state index in [4.69, 9.17) is 19.7 Å². The first-order valence-corrected chi connectivity index (χ1v) is 14.2. The Bertz CT molecular complexity index is 600. The van der Waals surface area contributed by atoms with Gasteiger partial charge in [0.1, 0.15) is 6.61 Å². The van der Waals surface area contributed by atoms with Gasteiger partial charge in [-0.15, -0.1) is 0 Å². The highest BCUT2D eigenvalue weighted by atomic mass is 31.2. The summed E-state index contributed by atoms with van der Waals surface area (Å²) in [6, 6.07) is 0. The summed E-state index contributed by atoms with van der Waals surface area (Å²) in [7, 11) is -4.34. The number of rotatable bonds is 23. The summed E-state index contributed by atoms with van der Waals surface area (Å²) in [5.74, 6) is -0.876. The fourth-order valence-corrected chi connectivity index (χ4v) is 3.75. The van der Waals surface area contributed by atoms with Gasteiger partial charge < -0.3 is 20.1 Å². The van der Waals surface area contributed by atoms with Crippen molar-refractivity contribution in [3.63, 3.8) is 0 Å². The van der Waals surface area contributed by atoms with E-state index in [0.717, 1.165) is 51.4 Å². The zero-order valence-electron chi connectivity index (χ0n) is 21.1. The molecule has 0 aromatic rings. The summed E-state index contributed by atoms with van der Waals surface area (Å²) in [6.07, 6.45) is 14.8. The van der Waals surface area contributed by atoms with Gasteiger partial charge in [-0.3, -0.25) is 18.6 Å². The highest BCUT2D eigenvalue weighted by Gasteiger charge is 2.25. The molecule has 10 heteroatoms. The van der Waals surface area contributed by atoms with Crippen LogP contribution in [0.2, 0.25) is 0 Å². The Morgan fingerprint density at radius 1 is 0.853 bits per heavy atom. The van der Waals surface area contributed by atoms with Crippen molar-refractivity contribution in [3.8, 4) is 0 Å². The van der Waals surface area contributed by atoms with Crippen molar-refractivity contribution in [1.82, 2.24) is 0 Å². The van der Waals surface area contributed by atoms with E-state index in [1.54, 1.807) is 0 Å². The first kappa shape index (κ1) is 32.8. The molecule has 0 aliphatic carbocycles. The molecular weight excluding hydrogens is 461 g/mol. The minimum atomic E-state index is -4.34. The summed E-state index contributed by atoms with van der Waals surface area (Å²) >= 11 is 0. The van der Waals surface area contributed by atoms with E-state index in [9.17, 15) is 19.0 Å². The van der Waals surface area contributed by atoms with Gasteiger partial charge in [-0.2, -0.15) is 0 Å². The lowest BCUT2D eigenvalue weighted by Crippen LogP contribution is -2.29. The molecule has 0 rings (SSSR count). The van der Waals surface area contributed by atoms with Gasteiger partial charge in [-0.1, -0.05) is 64.5 Å². The zero-order chi connectivity index (χ0) is 25.5. The van der Waals surface area contributed by atoms with Crippen molar-refractivity contribution in [3.05, 3.63) is 12.2 Å². The summed E-state index contributed by atoms with van der Waals surface area (Å²) in [5, 5.41) is 0. The van der Waals surface area contributed by atoms with Crippen molar-refractivity contribution in [2.45, 2.75) is 103 Å². The number of phosphoric acid groups is 1. The molecule has 34 heavy (non-hydrogen) atoms. The van der Waals surface area contributed by atoms with Crippen LogP contribution in [0.1, 0.15) is 97.3 Å². The van der Waals surface area contributed by atoms with Crippen LogP contribution in [0.15, 0.2) is 12.2 Å². The van der Waals surface area contributed by atoms with Gasteiger partial charge in [0.15, 0.2) is 6.10 Å². The van der Waals surface area contributed by atoms with E-state index in [1.807, 2.05) is 6.92 Å². The highest BCUT2D eigenvalue weighted by Crippen LogP contribution is 2.43. The smallest absolute Gasteiger partial charge is 0.462 e. The van der Waals surface area contributed by atoms with Gasteiger partial charge in [0.05, 0.1) is 13.2 Å². The second-order valence-electron chi connectivity index (χ2n) is 8.20. The summed E-state index contributed by atoms with van der Waals surface area (Å²) in [5.41, 5.74) is 5.26. The van der Waals surface area contributed by atoms with Crippen molar-refractivity contribution in [2.24, 2.45) is 5.73 Å². The lowest BCUT2D eigenvalue weighted by Gasteiger charge is -2.19. The molecule has 200 valence electrons. The van der Waals surface area contributed by atoms with Crippen molar-refractivity contribution >= 4 is 19.8 Å². The van der Waals surface area contributed by atoms with Crippen LogP contribution < -0.4 is 5.73 Å². The van der Waals surface area contributed by atoms with E-state index < -0.39 is 32.5 Å². The molecule has 0 spiro atoms. The second-order valence-corrected chi connectivity index (χ2v) is 9.66. The standard InChI is InChI=1S/C24H46NO8P/c1-3-5-7-8-9-10-11-12-13-15-17-24(27)33-22(20-30-23(26)16-14-6-4-2)21-32-34(28,29)31-19-18-25/h7-8,22H,3-6,9-21,25H2,1-2H3,(H,28,29)/b8-7-. The van der Waals surface area contributed by atoms with Crippen LogP contribution in [-0.2, 0) is 32.7 Å². The minimum Gasteiger partial charge on any atom is -0.462 e. The van der Waals surface area contributed by atoms with Crippen LogP contribution >= 0.6 is 7.82 Å². The maximum atomic E-state index is 12.2. The summed E-state index contributed by atoms with van der Waals surface area (Å²) < 4.78 is 31.9. The average molecular weight is 508 g/mol. The van der Waals surface area contributed by atoms with Gasteiger partial charge in [-0.05, 0) is 32.1 Å². The van der Waals surface area contributed by atoms with Gasteiger partial charge in [0, 0.05) is 19.4 Å². The molecule has 0 saturated carbocycles. The molecule has 0 aliphatic rings. The Morgan fingerprint density at radius 2 is 1.50 bits per heavy atom. The lowest BCUT2D eigenvalue weighted by atomic mass is 10.1. The number of nitrogens with two attached hydrogens (primary N) is 1. The van der Waals surface area contributed by atoms with Crippen LogP contribution in [0.25, 0.3) is 0 Å². The van der Waals surface area contributed by atoms with Gasteiger partial charge in [-0.25, -0.2) is 4.57 Å². The Kier molecular flexibility index (Phi) is 21.4. The van der Waals surface area contributed by atoms with Crippen molar-refractivity contribution < 1.29 is 37.6 Å². The molecule has 0 heterocycles. The largest absolute Gasteiger partial charge is 0.472 e. The van der Waals surface area contributed by atoms with Crippen LogP contribution in [-0.4, -0.2) is 49.3 Å². The fourth-order valence-electron chi connectivity index (χ4n) is 2.99. The predicted octanol–water partition coefficient (Wildman–Crippen LogP) is 5.20. The van der Waals surface area contributed by atoms with E-state index in [1.165, 1.54) is 6.42 Å². The third-order valence-corrected chi connectivity index (χ3v) is 5.87. The number of allylic oxidation sites excluding steroid dienone is 2. The number of hydrogen-bond acceptors (Lipinski definition) is 8. The van der Waals surface area contributed by atoms with Gasteiger partial charge in [0.25, 0.3) is 0 Å². The maximum Gasteiger partial charge on any atom is 0.472 e. The predicted molar refractivity (Wildman–Crippen MR) is 132 cm³/mol. The SMILES string of the molecule is CCC/C=C\CCCCCCCC(=O)OC(COC(=O)CCCCC)COP(=O)(O)OCCN. The number of carbonyl (C=O) groups is 2. The summed E-state index contributed by atoms with van der Waals surface area (Å²) in [4.78, 5) is 33.8. The molecule has 0 aromatic heterocycles. The first-order valence-electron chi connectivity index (χ1n) is 12.7. The van der Waals surface area contributed by atoms with Crippen molar-refractivity contribution in [1.29, 1.82) is 0 Å². The Balaban J connectivity index is 4.37. The van der Waals surface area contributed by atoms with E-state index >= 15 is 0 Å². The normalized spacial score (nSPS) is 14.1. The topological polar surface area (TPSA) is 134 Å². The molecule has 9 nitrogen and oxygen atoms in total. The molecule has 0 aromatic carbocycles. The van der Waals surface area contributed by atoms with Crippen LogP contribution in [0.5, 0.6) is 0 Å². The third kappa shape index (κ3) is 21.3. The van der Waals surface area contributed by atoms with Gasteiger partial charge >= 0.3 is 19.8 Å². The molecule has 0 fully saturated rings. The Labute approximate surface area is 205 Å². The first-order chi connectivity index (χ1) is 16.3. The van der Waals surface area contributed by atoms with E-state index in [-0.39, 0.29) is 32.6 Å². The lowest BCUT2D eigenvalue weighted by molar-refractivity contribution is -0.161. The van der Waals surface area contributed by atoms with E-state index in [2.05, 4.69) is 23.6 Å². The molecule has 2 atom stereocenters. The van der Waals surface area contributed by atoms with Crippen LogP contribution in [0, 0.1) is 0 Å². The summed E-state index contributed by atoms with van der Waals surface area (Å²) in [6.45, 7) is 3.41. The third-order valence-electron chi connectivity index (χ3n) is 4.88. The maximum absolute atomic E-state index is 12.2. The average Bonchev–Trinajstić information content (AvgIpc) is 2.81. The quantitative estimate of drug-likeness (QED) is 0.0828. The van der Waals surface area contributed by atoms with Crippen LogP contribution in [0.4, 0.5) is 0 Å². The number of phosphoric ester groups is 1. The Morgan fingerprint density at radius 3 is 2.21 bits per heavy atom. The molecule has 0 amide bonds. The Hall–Kier alpha value is -1.25. The van der Waals surface area contributed by atoms with Gasteiger partial charge in [0.2, 0.25) is 0 Å². The monoisotopic (exact) mass is 507 g/mol. The molecule has 0 bridgehead atoms.